The van der Waals surface area contributed by atoms with Crippen LogP contribution in [0, 0.1) is 0 Å². The van der Waals surface area contributed by atoms with Gasteiger partial charge in [-0.25, -0.2) is 0 Å². The molecule has 2 N–H and O–H groups in total. The summed E-state index contributed by atoms with van der Waals surface area (Å²) in [6.45, 7) is 3.42. The number of piperidine rings is 1. The molecule has 0 aliphatic carbocycles. The molecule has 0 saturated carbocycles. The van der Waals surface area contributed by atoms with Gasteiger partial charge in [0, 0.05) is 17.8 Å². The van der Waals surface area contributed by atoms with Crippen LogP contribution in [0.15, 0.2) is 22.7 Å². The predicted octanol–water partition coefficient (Wildman–Crippen LogP) is 3.79. The lowest BCUT2D eigenvalue weighted by atomic mass is 9.99. The third kappa shape index (κ3) is 4.39. The highest BCUT2D eigenvalue weighted by Gasteiger charge is 2.15. The van der Waals surface area contributed by atoms with Crippen molar-refractivity contribution >= 4 is 21.6 Å². The highest BCUT2D eigenvalue weighted by atomic mass is 79.9. The Balaban J connectivity index is 1.87. The first-order chi connectivity index (χ1) is 9.19. The molecule has 0 bridgehead atoms. The second-order valence-corrected chi connectivity index (χ2v) is 6.13. The summed E-state index contributed by atoms with van der Waals surface area (Å²) < 4.78 is 6.23. The maximum absolute atomic E-state index is 5.24. The number of rotatable bonds is 5. The quantitative estimate of drug-likeness (QED) is 0.863. The van der Waals surface area contributed by atoms with Crippen molar-refractivity contribution < 1.29 is 4.74 Å². The van der Waals surface area contributed by atoms with Gasteiger partial charge in [0.2, 0.25) is 0 Å². The molecule has 4 heteroatoms. The van der Waals surface area contributed by atoms with Crippen LogP contribution in [0.1, 0.15) is 32.6 Å². The van der Waals surface area contributed by atoms with Crippen LogP contribution in [-0.4, -0.2) is 25.7 Å². The van der Waals surface area contributed by atoms with E-state index >= 15 is 0 Å². The molecule has 1 aliphatic rings. The van der Waals surface area contributed by atoms with E-state index in [0.717, 1.165) is 15.9 Å². The van der Waals surface area contributed by atoms with Crippen LogP contribution in [0.2, 0.25) is 0 Å². The van der Waals surface area contributed by atoms with Crippen molar-refractivity contribution in [3.63, 3.8) is 0 Å². The molecule has 106 valence electrons. The normalized spacial score (nSPS) is 20.9. The molecule has 0 spiro atoms. The van der Waals surface area contributed by atoms with Crippen molar-refractivity contribution in [3.8, 4) is 5.75 Å². The molecule has 3 nitrogen and oxygen atoms in total. The second kappa shape index (κ2) is 7.15. The average molecular weight is 327 g/mol. The molecular formula is C15H23BrN2O. The van der Waals surface area contributed by atoms with Gasteiger partial charge >= 0.3 is 0 Å². The molecule has 19 heavy (non-hydrogen) atoms. The number of hydrogen-bond donors (Lipinski definition) is 2. The molecular weight excluding hydrogens is 304 g/mol. The van der Waals surface area contributed by atoms with Gasteiger partial charge in [-0.1, -0.05) is 6.42 Å². The summed E-state index contributed by atoms with van der Waals surface area (Å²) in [7, 11) is 1.69. The maximum Gasteiger partial charge on any atom is 0.133 e. The van der Waals surface area contributed by atoms with Gasteiger partial charge in [-0.2, -0.15) is 0 Å². The van der Waals surface area contributed by atoms with Crippen LogP contribution >= 0.6 is 15.9 Å². The number of nitrogens with one attached hydrogen (secondary N) is 2. The third-order valence-electron chi connectivity index (χ3n) is 3.62. The summed E-state index contributed by atoms with van der Waals surface area (Å²) in [5.41, 5.74) is 1.14. The van der Waals surface area contributed by atoms with Crippen LogP contribution < -0.4 is 15.4 Å². The largest absolute Gasteiger partial charge is 0.496 e. The van der Waals surface area contributed by atoms with Crippen molar-refractivity contribution in [2.45, 2.75) is 44.7 Å². The van der Waals surface area contributed by atoms with Crippen LogP contribution in [-0.2, 0) is 0 Å². The van der Waals surface area contributed by atoms with Gasteiger partial charge in [-0.05, 0) is 66.9 Å². The minimum absolute atomic E-state index is 0.468. The van der Waals surface area contributed by atoms with E-state index in [9.17, 15) is 0 Å². The second-order valence-electron chi connectivity index (χ2n) is 5.28. The zero-order chi connectivity index (χ0) is 13.7. The van der Waals surface area contributed by atoms with Crippen molar-refractivity contribution in [3.05, 3.63) is 22.7 Å². The average Bonchev–Trinajstić information content (AvgIpc) is 2.40. The first kappa shape index (κ1) is 14.7. The lowest BCUT2D eigenvalue weighted by Crippen LogP contribution is -2.37. The number of ether oxygens (including phenoxy) is 1. The number of benzene rings is 1. The molecule has 0 amide bonds. The fourth-order valence-corrected chi connectivity index (χ4v) is 3.19. The topological polar surface area (TPSA) is 33.3 Å². The van der Waals surface area contributed by atoms with Crippen molar-refractivity contribution in [2.24, 2.45) is 0 Å². The molecule has 1 aliphatic heterocycles. The molecule has 1 fully saturated rings. The molecule has 1 heterocycles. The Hall–Kier alpha value is -0.740. The molecule has 0 radical (unpaired) electrons. The standard InChI is InChI=1S/C15H23BrN2O/c1-11(9-12-5-3-4-8-17-12)18-13-6-7-15(19-2)14(16)10-13/h6-7,10-12,17-18H,3-5,8-9H2,1-2H3. The van der Waals surface area contributed by atoms with Gasteiger partial charge in [-0.3, -0.25) is 0 Å². The van der Waals surface area contributed by atoms with Gasteiger partial charge in [0.25, 0.3) is 0 Å². The van der Waals surface area contributed by atoms with Gasteiger partial charge in [0.05, 0.1) is 11.6 Å². The number of hydrogen-bond acceptors (Lipinski definition) is 3. The lowest BCUT2D eigenvalue weighted by molar-refractivity contribution is 0.371. The SMILES string of the molecule is COc1ccc(NC(C)CC2CCCCN2)cc1Br. The Morgan fingerprint density at radius 1 is 1.47 bits per heavy atom. The van der Waals surface area contributed by atoms with E-state index in [1.807, 2.05) is 6.07 Å². The van der Waals surface area contributed by atoms with Gasteiger partial charge < -0.3 is 15.4 Å². The Morgan fingerprint density at radius 2 is 2.32 bits per heavy atom. The fraction of sp³-hybridized carbons (Fsp3) is 0.600. The number of anilines is 1. The predicted molar refractivity (Wildman–Crippen MR) is 84.0 cm³/mol. The monoisotopic (exact) mass is 326 g/mol. The van der Waals surface area contributed by atoms with Crippen LogP contribution in [0.25, 0.3) is 0 Å². The van der Waals surface area contributed by atoms with Crippen LogP contribution in [0.4, 0.5) is 5.69 Å². The zero-order valence-corrected chi connectivity index (χ0v) is 13.3. The maximum atomic E-state index is 5.24. The molecule has 0 aromatic heterocycles. The zero-order valence-electron chi connectivity index (χ0n) is 11.7. The number of methoxy groups -OCH3 is 1. The van der Waals surface area contributed by atoms with Gasteiger partial charge in [0.1, 0.15) is 5.75 Å². The van der Waals surface area contributed by atoms with Crippen molar-refractivity contribution in [2.75, 3.05) is 19.0 Å². The highest BCUT2D eigenvalue weighted by molar-refractivity contribution is 9.10. The van der Waals surface area contributed by atoms with Crippen LogP contribution in [0.5, 0.6) is 5.75 Å². The van der Waals surface area contributed by atoms with Crippen molar-refractivity contribution in [1.82, 2.24) is 5.32 Å². The fourth-order valence-electron chi connectivity index (χ4n) is 2.65. The van der Waals surface area contributed by atoms with E-state index in [1.54, 1.807) is 7.11 Å². The summed E-state index contributed by atoms with van der Waals surface area (Å²) in [6.07, 6.45) is 5.16. The highest BCUT2D eigenvalue weighted by Crippen LogP contribution is 2.28. The smallest absolute Gasteiger partial charge is 0.133 e. The van der Waals surface area contributed by atoms with Crippen LogP contribution in [0.3, 0.4) is 0 Å². The van der Waals surface area contributed by atoms with Crippen molar-refractivity contribution in [1.29, 1.82) is 0 Å². The first-order valence-corrected chi connectivity index (χ1v) is 7.82. The first-order valence-electron chi connectivity index (χ1n) is 7.02. The minimum atomic E-state index is 0.468. The van der Waals surface area contributed by atoms with E-state index in [1.165, 1.54) is 32.2 Å². The van der Waals surface area contributed by atoms with E-state index in [4.69, 9.17) is 4.74 Å². The third-order valence-corrected chi connectivity index (χ3v) is 4.24. The van der Waals surface area contributed by atoms with Gasteiger partial charge in [-0.15, -0.1) is 0 Å². The summed E-state index contributed by atoms with van der Waals surface area (Å²) >= 11 is 3.52. The Labute approximate surface area is 124 Å². The molecule has 2 unspecified atom stereocenters. The summed E-state index contributed by atoms with van der Waals surface area (Å²) in [5.74, 6) is 0.868. The minimum Gasteiger partial charge on any atom is -0.496 e. The molecule has 1 aromatic rings. The number of halogens is 1. The van der Waals surface area contributed by atoms with E-state index < -0.39 is 0 Å². The summed E-state index contributed by atoms with van der Waals surface area (Å²) in [5, 5.41) is 7.15. The molecule has 2 rings (SSSR count). The Kier molecular flexibility index (Phi) is 5.52. The Bertz CT molecular complexity index is 405. The van der Waals surface area contributed by atoms with E-state index in [2.05, 4.69) is 45.6 Å². The van der Waals surface area contributed by atoms with E-state index in [-0.39, 0.29) is 0 Å². The Morgan fingerprint density at radius 3 is 2.95 bits per heavy atom. The molecule has 1 saturated heterocycles. The van der Waals surface area contributed by atoms with E-state index in [0.29, 0.717) is 12.1 Å². The summed E-state index contributed by atoms with van der Waals surface area (Å²) in [4.78, 5) is 0. The molecule has 1 aromatic carbocycles. The summed E-state index contributed by atoms with van der Waals surface area (Å²) in [6, 6.07) is 7.25. The van der Waals surface area contributed by atoms with Gasteiger partial charge in [0.15, 0.2) is 0 Å². The lowest BCUT2D eigenvalue weighted by Gasteiger charge is -2.27. The molecule has 2 atom stereocenters.